The molecule has 1 atom stereocenters. The molecule has 0 aliphatic rings. The zero-order valence-corrected chi connectivity index (χ0v) is 9.29. The van der Waals surface area contributed by atoms with Crippen LogP contribution in [0.1, 0.15) is 25.1 Å². The van der Waals surface area contributed by atoms with E-state index in [1.165, 1.54) is 0 Å². The number of ether oxygens (including phenoxy) is 1. The highest BCUT2D eigenvalue weighted by Gasteiger charge is 2.15. The van der Waals surface area contributed by atoms with E-state index in [1.54, 1.807) is 13.3 Å². The van der Waals surface area contributed by atoms with Crippen molar-refractivity contribution in [3.63, 3.8) is 0 Å². The van der Waals surface area contributed by atoms with Gasteiger partial charge in [-0.25, -0.2) is 0 Å². The van der Waals surface area contributed by atoms with Gasteiger partial charge in [0.25, 0.3) is 0 Å². The van der Waals surface area contributed by atoms with Crippen LogP contribution < -0.4 is 5.73 Å². The third-order valence-corrected chi connectivity index (χ3v) is 2.41. The first-order valence-corrected chi connectivity index (χ1v) is 5.04. The Labute approximate surface area is 89.0 Å². The Hall–Kier alpha value is -0.580. The Bertz CT molecular complexity index is 288. The lowest BCUT2D eigenvalue weighted by Crippen LogP contribution is -2.18. The molecular formula is C9H16ClN3O. The summed E-state index contributed by atoms with van der Waals surface area (Å²) < 4.78 is 6.79. The van der Waals surface area contributed by atoms with E-state index in [9.17, 15) is 0 Å². The molecule has 0 saturated carbocycles. The Morgan fingerprint density at radius 1 is 1.71 bits per heavy atom. The average Bonchev–Trinajstić information content (AvgIpc) is 2.56. The monoisotopic (exact) mass is 217 g/mol. The summed E-state index contributed by atoms with van der Waals surface area (Å²) in [5.41, 5.74) is 6.87. The fraction of sp³-hybridized carbons (Fsp3) is 0.667. The second-order valence-corrected chi connectivity index (χ2v) is 3.49. The molecule has 1 aromatic heterocycles. The first-order valence-electron chi connectivity index (χ1n) is 4.66. The Balaban J connectivity index is 2.76. The number of hydrogen-bond acceptors (Lipinski definition) is 3. The number of nitrogens with two attached hydrogens (primary N) is 1. The van der Waals surface area contributed by atoms with Gasteiger partial charge in [0.05, 0.1) is 23.0 Å². The van der Waals surface area contributed by atoms with E-state index in [0.29, 0.717) is 11.6 Å². The lowest BCUT2D eigenvalue weighted by atomic mass is 10.1. The third-order valence-electron chi connectivity index (χ3n) is 2.12. The van der Waals surface area contributed by atoms with Crippen molar-refractivity contribution in [3.05, 3.63) is 16.9 Å². The first-order chi connectivity index (χ1) is 6.70. The number of nitrogens with zero attached hydrogens (tertiary/aromatic N) is 2. The molecule has 0 saturated heterocycles. The maximum atomic E-state index is 5.99. The summed E-state index contributed by atoms with van der Waals surface area (Å²) in [6.07, 6.45) is 2.38. The van der Waals surface area contributed by atoms with Crippen LogP contribution in [0, 0.1) is 0 Å². The largest absolute Gasteiger partial charge is 0.385 e. The van der Waals surface area contributed by atoms with Gasteiger partial charge >= 0.3 is 0 Å². The topological polar surface area (TPSA) is 53.1 Å². The van der Waals surface area contributed by atoms with Crippen LogP contribution in [0.25, 0.3) is 0 Å². The molecule has 0 bridgehead atoms. The van der Waals surface area contributed by atoms with E-state index in [4.69, 9.17) is 22.1 Å². The van der Waals surface area contributed by atoms with E-state index in [1.807, 2.05) is 11.6 Å². The van der Waals surface area contributed by atoms with Gasteiger partial charge in [0.2, 0.25) is 0 Å². The minimum Gasteiger partial charge on any atom is -0.385 e. The predicted octanol–water partition coefficient (Wildman–Crippen LogP) is 1.59. The predicted molar refractivity (Wildman–Crippen MR) is 56.3 cm³/mol. The zero-order chi connectivity index (χ0) is 10.6. The summed E-state index contributed by atoms with van der Waals surface area (Å²) in [6.45, 7) is 3.42. The molecule has 1 aromatic rings. The summed E-state index contributed by atoms with van der Waals surface area (Å²) in [6, 6.07) is -0.107. The smallest absolute Gasteiger partial charge is 0.0834 e. The fourth-order valence-corrected chi connectivity index (χ4v) is 1.66. The van der Waals surface area contributed by atoms with Gasteiger partial charge in [-0.1, -0.05) is 11.6 Å². The van der Waals surface area contributed by atoms with E-state index < -0.39 is 0 Å². The summed E-state index contributed by atoms with van der Waals surface area (Å²) >= 11 is 5.99. The molecule has 0 amide bonds. The average molecular weight is 218 g/mol. The molecule has 4 nitrogen and oxygen atoms in total. The number of aromatic nitrogens is 2. The van der Waals surface area contributed by atoms with E-state index in [0.717, 1.165) is 18.7 Å². The van der Waals surface area contributed by atoms with Crippen LogP contribution in [0.2, 0.25) is 5.02 Å². The van der Waals surface area contributed by atoms with Crippen LogP contribution in [-0.2, 0) is 11.3 Å². The number of halogens is 1. The van der Waals surface area contributed by atoms with Crippen LogP contribution in [0.3, 0.4) is 0 Å². The summed E-state index contributed by atoms with van der Waals surface area (Å²) in [4.78, 5) is 0. The zero-order valence-electron chi connectivity index (χ0n) is 8.53. The van der Waals surface area contributed by atoms with Crippen LogP contribution in [0.5, 0.6) is 0 Å². The molecule has 0 spiro atoms. The van der Waals surface area contributed by atoms with Gasteiger partial charge in [-0.05, 0) is 13.3 Å². The maximum Gasteiger partial charge on any atom is 0.0834 e. The molecule has 0 radical (unpaired) electrons. The highest BCUT2D eigenvalue weighted by atomic mass is 35.5. The quantitative estimate of drug-likeness (QED) is 0.815. The van der Waals surface area contributed by atoms with Crippen molar-refractivity contribution in [3.8, 4) is 0 Å². The molecule has 80 valence electrons. The lowest BCUT2D eigenvalue weighted by Gasteiger charge is -2.13. The summed E-state index contributed by atoms with van der Waals surface area (Å²) in [7, 11) is 1.66. The normalized spacial score (nSPS) is 13.1. The van der Waals surface area contributed by atoms with E-state index >= 15 is 0 Å². The van der Waals surface area contributed by atoms with Crippen LogP contribution >= 0.6 is 11.6 Å². The second kappa shape index (κ2) is 5.34. The van der Waals surface area contributed by atoms with Gasteiger partial charge in [0.1, 0.15) is 0 Å². The van der Waals surface area contributed by atoms with Crippen LogP contribution in [-0.4, -0.2) is 23.5 Å². The standard InChI is InChI=1S/C9H16ClN3O/c1-3-13-9(7(10)6-12-13)8(11)4-5-14-2/h6,8H,3-5,11H2,1-2H3. The highest BCUT2D eigenvalue weighted by Crippen LogP contribution is 2.23. The molecule has 1 heterocycles. The number of hydrogen-bond donors (Lipinski definition) is 1. The molecule has 0 aliphatic carbocycles. The number of aryl methyl sites for hydroxylation is 1. The minimum atomic E-state index is -0.107. The summed E-state index contributed by atoms with van der Waals surface area (Å²) in [5, 5.41) is 4.76. The molecule has 0 aliphatic heterocycles. The summed E-state index contributed by atoms with van der Waals surface area (Å²) in [5.74, 6) is 0. The van der Waals surface area contributed by atoms with Gasteiger partial charge in [-0.3, -0.25) is 4.68 Å². The SMILES string of the molecule is CCn1ncc(Cl)c1C(N)CCOC. The molecule has 5 heteroatoms. The Morgan fingerprint density at radius 2 is 2.43 bits per heavy atom. The van der Waals surface area contributed by atoms with Crippen molar-refractivity contribution >= 4 is 11.6 Å². The van der Waals surface area contributed by atoms with Crippen LogP contribution in [0.15, 0.2) is 6.20 Å². The Kier molecular flexibility index (Phi) is 4.38. The lowest BCUT2D eigenvalue weighted by molar-refractivity contribution is 0.187. The van der Waals surface area contributed by atoms with E-state index in [-0.39, 0.29) is 6.04 Å². The van der Waals surface area contributed by atoms with Gasteiger partial charge in [0.15, 0.2) is 0 Å². The van der Waals surface area contributed by atoms with Crippen molar-refractivity contribution in [1.82, 2.24) is 9.78 Å². The van der Waals surface area contributed by atoms with E-state index in [2.05, 4.69) is 5.10 Å². The molecule has 14 heavy (non-hydrogen) atoms. The molecule has 0 aromatic carbocycles. The van der Waals surface area contributed by atoms with Crippen molar-refractivity contribution in [2.24, 2.45) is 5.73 Å². The van der Waals surface area contributed by atoms with Gasteiger partial charge in [0, 0.05) is 20.3 Å². The molecule has 2 N–H and O–H groups in total. The number of rotatable bonds is 5. The van der Waals surface area contributed by atoms with Crippen molar-refractivity contribution in [1.29, 1.82) is 0 Å². The van der Waals surface area contributed by atoms with Crippen molar-refractivity contribution in [2.45, 2.75) is 25.9 Å². The first kappa shape index (κ1) is 11.5. The molecule has 1 unspecified atom stereocenters. The molecule has 0 fully saturated rings. The Morgan fingerprint density at radius 3 is 3.00 bits per heavy atom. The second-order valence-electron chi connectivity index (χ2n) is 3.08. The van der Waals surface area contributed by atoms with Gasteiger partial charge in [-0.2, -0.15) is 5.10 Å². The van der Waals surface area contributed by atoms with Gasteiger partial charge in [-0.15, -0.1) is 0 Å². The van der Waals surface area contributed by atoms with Crippen molar-refractivity contribution < 1.29 is 4.74 Å². The number of methoxy groups -OCH3 is 1. The maximum absolute atomic E-state index is 5.99. The fourth-order valence-electron chi connectivity index (χ4n) is 1.37. The molecule has 1 rings (SSSR count). The minimum absolute atomic E-state index is 0.107. The van der Waals surface area contributed by atoms with Crippen molar-refractivity contribution in [2.75, 3.05) is 13.7 Å². The molecular weight excluding hydrogens is 202 g/mol. The van der Waals surface area contributed by atoms with Crippen LogP contribution in [0.4, 0.5) is 0 Å². The van der Waals surface area contributed by atoms with Gasteiger partial charge < -0.3 is 10.5 Å². The highest BCUT2D eigenvalue weighted by molar-refractivity contribution is 6.31. The third kappa shape index (κ3) is 2.47.